The van der Waals surface area contributed by atoms with Crippen LogP contribution in [0, 0.1) is 28.6 Å². The summed E-state index contributed by atoms with van der Waals surface area (Å²) in [6.07, 6.45) is 15.3. The molecule has 0 radical (unpaired) electrons. The van der Waals surface area contributed by atoms with E-state index in [1.54, 1.807) is 16.7 Å². The number of allylic oxidation sites excluding steroid dienone is 5. The smallest absolute Gasteiger partial charge is 0.0867 e. The minimum absolute atomic E-state index is 0.229. The number of rotatable bonds is 1. The average molecular weight is 295 g/mol. The van der Waals surface area contributed by atoms with Crippen molar-refractivity contribution in [1.29, 1.82) is 5.26 Å². The van der Waals surface area contributed by atoms with Crippen molar-refractivity contribution in [2.24, 2.45) is 17.3 Å². The third-order valence-corrected chi connectivity index (χ3v) is 6.99. The lowest BCUT2D eigenvalue weighted by Gasteiger charge is -2.48. The molecule has 1 saturated carbocycles. The van der Waals surface area contributed by atoms with Gasteiger partial charge >= 0.3 is 0 Å². The Hall–Kier alpha value is -1.33. The monoisotopic (exact) mass is 295 g/mol. The second-order valence-electron chi connectivity index (χ2n) is 7.83. The van der Waals surface area contributed by atoms with Gasteiger partial charge in [0.25, 0.3) is 0 Å². The Bertz CT molecular complexity index is 635. The van der Waals surface area contributed by atoms with Gasteiger partial charge in [-0.05, 0) is 73.5 Å². The highest BCUT2D eigenvalue weighted by Crippen LogP contribution is 2.61. The van der Waals surface area contributed by atoms with Crippen molar-refractivity contribution < 1.29 is 5.11 Å². The lowest BCUT2D eigenvalue weighted by Crippen LogP contribution is -2.47. The van der Waals surface area contributed by atoms with E-state index < -0.39 is 5.60 Å². The van der Waals surface area contributed by atoms with Gasteiger partial charge in [-0.2, -0.15) is 5.26 Å². The van der Waals surface area contributed by atoms with E-state index in [1.807, 2.05) is 0 Å². The Morgan fingerprint density at radius 3 is 3.05 bits per heavy atom. The van der Waals surface area contributed by atoms with E-state index >= 15 is 0 Å². The number of fused-ring (bicyclic) bond motifs is 4. The molecule has 0 saturated heterocycles. The highest BCUT2D eigenvalue weighted by molar-refractivity contribution is 5.48. The predicted octanol–water partition coefficient (Wildman–Crippen LogP) is 4.43. The van der Waals surface area contributed by atoms with Crippen LogP contribution in [0.4, 0.5) is 0 Å². The summed E-state index contributed by atoms with van der Waals surface area (Å²) in [4.78, 5) is 0. The third-order valence-electron chi connectivity index (χ3n) is 6.99. The summed E-state index contributed by atoms with van der Waals surface area (Å²) >= 11 is 0. The Morgan fingerprint density at radius 2 is 2.23 bits per heavy atom. The summed E-state index contributed by atoms with van der Waals surface area (Å²) in [7, 11) is 0. The molecule has 0 bridgehead atoms. The standard InChI is InChI=1S/C20H25NO/c1-19-10-8-16-15-5-3-2-4-14(15)6-7-17(16)18(19)9-11-20(19,22)12-13-21/h4,8,10,17-18,22H,2-3,5-7,9,11-12H2,1H3/t17-,18+,19?,20-/m1/s1. The van der Waals surface area contributed by atoms with Crippen molar-refractivity contribution in [3.8, 4) is 6.07 Å². The molecule has 4 rings (SSSR count). The zero-order valence-electron chi connectivity index (χ0n) is 13.4. The van der Waals surface area contributed by atoms with E-state index in [0.717, 1.165) is 12.8 Å². The van der Waals surface area contributed by atoms with Crippen LogP contribution < -0.4 is 0 Å². The lowest BCUT2D eigenvalue weighted by atomic mass is 9.58. The first-order valence-corrected chi connectivity index (χ1v) is 8.80. The molecule has 0 aromatic rings. The molecule has 22 heavy (non-hydrogen) atoms. The zero-order chi connectivity index (χ0) is 15.4. The second kappa shape index (κ2) is 4.83. The molecule has 0 heterocycles. The molecule has 2 heteroatoms. The summed E-state index contributed by atoms with van der Waals surface area (Å²) in [5.74, 6) is 1.09. The maximum atomic E-state index is 11.1. The number of nitrogens with zero attached hydrogens (tertiary/aromatic N) is 1. The zero-order valence-corrected chi connectivity index (χ0v) is 13.4. The molecule has 4 aliphatic carbocycles. The van der Waals surface area contributed by atoms with Gasteiger partial charge in [0.05, 0.1) is 18.1 Å². The first kappa shape index (κ1) is 14.3. The van der Waals surface area contributed by atoms with Gasteiger partial charge in [0.1, 0.15) is 0 Å². The summed E-state index contributed by atoms with van der Waals surface area (Å²) in [6.45, 7) is 2.19. The summed E-state index contributed by atoms with van der Waals surface area (Å²) in [5, 5.41) is 20.2. The quantitative estimate of drug-likeness (QED) is 0.777. The molecule has 0 aliphatic heterocycles. The van der Waals surface area contributed by atoms with Gasteiger partial charge in [-0.1, -0.05) is 25.2 Å². The van der Waals surface area contributed by atoms with Crippen molar-refractivity contribution in [2.45, 2.75) is 63.9 Å². The number of hydrogen-bond donors (Lipinski definition) is 1. The molecule has 4 aliphatic rings. The molecule has 0 aromatic heterocycles. The molecule has 1 unspecified atom stereocenters. The normalized spacial score (nSPS) is 43.0. The second-order valence-corrected chi connectivity index (χ2v) is 7.83. The Labute approximate surface area is 133 Å². The highest BCUT2D eigenvalue weighted by atomic mass is 16.3. The van der Waals surface area contributed by atoms with Crippen molar-refractivity contribution in [2.75, 3.05) is 0 Å². The Morgan fingerprint density at radius 1 is 1.36 bits per heavy atom. The molecule has 0 spiro atoms. The number of aliphatic hydroxyl groups is 1. The summed E-state index contributed by atoms with van der Waals surface area (Å²) in [5.41, 5.74) is 3.70. The van der Waals surface area contributed by atoms with Gasteiger partial charge in [-0.15, -0.1) is 0 Å². The summed E-state index contributed by atoms with van der Waals surface area (Å²) < 4.78 is 0. The van der Waals surface area contributed by atoms with Crippen LogP contribution in [0.25, 0.3) is 0 Å². The average Bonchev–Trinajstić information content (AvgIpc) is 2.79. The Balaban J connectivity index is 1.79. The minimum atomic E-state index is -0.832. The molecule has 0 amide bonds. The first-order chi connectivity index (χ1) is 10.6. The maximum absolute atomic E-state index is 11.1. The van der Waals surface area contributed by atoms with E-state index in [2.05, 4.69) is 31.2 Å². The molecule has 4 atom stereocenters. The van der Waals surface area contributed by atoms with Crippen LogP contribution >= 0.6 is 0 Å². The highest BCUT2D eigenvalue weighted by Gasteiger charge is 2.58. The van der Waals surface area contributed by atoms with E-state index in [9.17, 15) is 5.11 Å². The van der Waals surface area contributed by atoms with Gasteiger partial charge in [-0.3, -0.25) is 0 Å². The fourth-order valence-corrected chi connectivity index (χ4v) is 5.63. The number of hydrogen-bond acceptors (Lipinski definition) is 2. The third kappa shape index (κ3) is 1.75. The molecule has 0 aromatic carbocycles. The Kier molecular flexibility index (Phi) is 3.13. The van der Waals surface area contributed by atoms with E-state index in [-0.39, 0.29) is 11.8 Å². The van der Waals surface area contributed by atoms with Crippen LogP contribution in [0.2, 0.25) is 0 Å². The fraction of sp³-hybridized carbons (Fsp3) is 0.650. The molecule has 116 valence electrons. The first-order valence-electron chi connectivity index (χ1n) is 8.80. The van der Waals surface area contributed by atoms with Crippen molar-refractivity contribution >= 4 is 0 Å². The largest absolute Gasteiger partial charge is 0.388 e. The van der Waals surface area contributed by atoms with Crippen LogP contribution in [0.15, 0.2) is 34.9 Å². The fourth-order valence-electron chi connectivity index (χ4n) is 5.63. The minimum Gasteiger partial charge on any atom is -0.388 e. The van der Waals surface area contributed by atoms with E-state index in [0.29, 0.717) is 11.8 Å². The number of nitriles is 1. The van der Waals surface area contributed by atoms with Crippen molar-refractivity contribution in [1.82, 2.24) is 0 Å². The SMILES string of the molecule is CC12C=CC3=C4CCCC=C4CC[C@H]3[C@@H]1CC[C@@]2(O)CC#N. The molecular formula is C20H25NO. The predicted molar refractivity (Wildman–Crippen MR) is 86.8 cm³/mol. The van der Waals surface area contributed by atoms with Gasteiger partial charge in [0, 0.05) is 5.41 Å². The van der Waals surface area contributed by atoms with Crippen LogP contribution in [-0.4, -0.2) is 10.7 Å². The lowest BCUT2D eigenvalue weighted by molar-refractivity contribution is -0.0461. The van der Waals surface area contributed by atoms with Gasteiger partial charge in [0.2, 0.25) is 0 Å². The van der Waals surface area contributed by atoms with E-state index in [1.165, 1.54) is 32.1 Å². The van der Waals surface area contributed by atoms with E-state index in [4.69, 9.17) is 5.26 Å². The van der Waals surface area contributed by atoms with Crippen LogP contribution in [0.3, 0.4) is 0 Å². The van der Waals surface area contributed by atoms with Gasteiger partial charge < -0.3 is 5.11 Å². The summed E-state index contributed by atoms with van der Waals surface area (Å²) in [6, 6.07) is 2.22. The molecule has 1 fully saturated rings. The van der Waals surface area contributed by atoms with Crippen LogP contribution in [0.5, 0.6) is 0 Å². The van der Waals surface area contributed by atoms with Gasteiger partial charge in [0.15, 0.2) is 0 Å². The van der Waals surface area contributed by atoms with Crippen molar-refractivity contribution in [3.05, 3.63) is 34.9 Å². The molecule has 2 nitrogen and oxygen atoms in total. The topological polar surface area (TPSA) is 44.0 Å². The molecule has 1 N–H and O–H groups in total. The molecular weight excluding hydrogens is 270 g/mol. The van der Waals surface area contributed by atoms with Gasteiger partial charge in [-0.25, -0.2) is 0 Å². The van der Waals surface area contributed by atoms with Crippen LogP contribution in [-0.2, 0) is 0 Å². The maximum Gasteiger partial charge on any atom is 0.0867 e. The van der Waals surface area contributed by atoms with Crippen LogP contribution in [0.1, 0.15) is 58.3 Å². The van der Waals surface area contributed by atoms with Crippen molar-refractivity contribution in [3.63, 3.8) is 0 Å².